The Morgan fingerprint density at radius 3 is 2.76 bits per heavy atom. The fourth-order valence-corrected chi connectivity index (χ4v) is 2.70. The molecule has 118 valence electrons. The van der Waals surface area contributed by atoms with Crippen LogP contribution in [0.2, 0.25) is 0 Å². The summed E-state index contributed by atoms with van der Waals surface area (Å²) in [4.78, 5) is 7.37. The Bertz CT molecular complexity index is 468. The Hall–Kier alpha value is -1.13. The van der Waals surface area contributed by atoms with E-state index in [2.05, 4.69) is 50.0 Å². The highest BCUT2D eigenvalue weighted by atomic mass is 16.5. The van der Waals surface area contributed by atoms with Crippen LogP contribution in [0, 0.1) is 0 Å². The van der Waals surface area contributed by atoms with Crippen molar-refractivity contribution in [1.82, 2.24) is 10.3 Å². The second-order valence-electron chi connectivity index (χ2n) is 6.83. The van der Waals surface area contributed by atoms with Gasteiger partial charge in [0.2, 0.25) is 0 Å². The molecule has 1 aliphatic rings. The average molecular weight is 291 g/mol. The Kier molecular flexibility index (Phi) is 5.22. The normalized spacial score (nSPS) is 19.9. The molecule has 1 aromatic heterocycles. The largest absolute Gasteiger partial charge is 0.377 e. The topological polar surface area (TPSA) is 37.4 Å². The second kappa shape index (κ2) is 6.75. The van der Waals surface area contributed by atoms with Crippen LogP contribution < -0.4 is 10.2 Å². The minimum Gasteiger partial charge on any atom is -0.377 e. The summed E-state index contributed by atoms with van der Waals surface area (Å²) in [5.74, 6) is 1.10. The van der Waals surface area contributed by atoms with Crippen LogP contribution in [-0.4, -0.2) is 37.8 Å². The van der Waals surface area contributed by atoms with E-state index in [9.17, 15) is 0 Å². The Morgan fingerprint density at radius 1 is 1.38 bits per heavy atom. The standard InChI is InChI=1S/C17H29N3O/c1-6-14-12-21-8-7-20(14)16-10-13(11-18-5)9-15(19-16)17(2,3)4/h9-10,14,18H,6-8,11-12H2,1-5H3. The van der Waals surface area contributed by atoms with Gasteiger partial charge in [0, 0.05) is 24.2 Å². The zero-order chi connectivity index (χ0) is 15.5. The summed E-state index contributed by atoms with van der Waals surface area (Å²) in [5.41, 5.74) is 2.52. The molecule has 0 aromatic carbocycles. The van der Waals surface area contributed by atoms with Gasteiger partial charge in [-0.15, -0.1) is 0 Å². The quantitative estimate of drug-likeness (QED) is 0.925. The molecule has 1 unspecified atom stereocenters. The maximum atomic E-state index is 5.62. The average Bonchev–Trinajstić information content (AvgIpc) is 2.46. The van der Waals surface area contributed by atoms with Crippen molar-refractivity contribution in [3.8, 4) is 0 Å². The molecular formula is C17H29N3O. The summed E-state index contributed by atoms with van der Waals surface area (Å²) < 4.78 is 5.62. The van der Waals surface area contributed by atoms with E-state index in [4.69, 9.17) is 9.72 Å². The van der Waals surface area contributed by atoms with E-state index >= 15 is 0 Å². The molecule has 0 spiro atoms. The van der Waals surface area contributed by atoms with Gasteiger partial charge in [0.05, 0.1) is 19.3 Å². The lowest BCUT2D eigenvalue weighted by Crippen LogP contribution is -2.45. The molecule has 4 nitrogen and oxygen atoms in total. The number of aromatic nitrogens is 1. The van der Waals surface area contributed by atoms with Crippen molar-refractivity contribution >= 4 is 5.82 Å². The minimum absolute atomic E-state index is 0.0620. The molecule has 4 heteroatoms. The van der Waals surface area contributed by atoms with Crippen LogP contribution in [0.3, 0.4) is 0 Å². The molecule has 1 aromatic rings. The van der Waals surface area contributed by atoms with E-state index in [0.717, 1.165) is 44.2 Å². The minimum atomic E-state index is 0.0620. The second-order valence-corrected chi connectivity index (χ2v) is 6.83. The number of nitrogens with one attached hydrogen (secondary N) is 1. The van der Waals surface area contributed by atoms with E-state index in [-0.39, 0.29) is 5.41 Å². The van der Waals surface area contributed by atoms with Crippen molar-refractivity contribution in [1.29, 1.82) is 0 Å². The lowest BCUT2D eigenvalue weighted by molar-refractivity contribution is 0.0925. The van der Waals surface area contributed by atoms with Crippen molar-refractivity contribution in [2.75, 3.05) is 31.7 Å². The van der Waals surface area contributed by atoms with Gasteiger partial charge in [0.25, 0.3) is 0 Å². The van der Waals surface area contributed by atoms with E-state index in [1.54, 1.807) is 0 Å². The Balaban J connectivity index is 2.38. The fraction of sp³-hybridized carbons (Fsp3) is 0.706. The third-order valence-electron chi connectivity index (χ3n) is 4.01. The first-order valence-corrected chi connectivity index (χ1v) is 7.96. The highest BCUT2D eigenvalue weighted by Gasteiger charge is 2.25. The highest BCUT2D eigenvalue weighted by molar-refractivity contribution is 5.45. The molecule has 0 aliphatic carbocycles. The molecule has 1 atom stereocenters. The van der Waals surface area contributed by atoms with Crippen LogP contribution in [0.15, 0.2) is 12.1 Å². The maximum absolute atomic E-state index is 5.62. The fourth-order valence-electron chi connectivity index (χ4n) is 2.70. The molecule has 21 heavy (non-hydrogen) atoms. The number of anilines is 1. The van der Waals surface area contributed by atoms with Gasteiger partial charge in [-0.1, -0.05) is 27.7 Å². The van der Waals surface area contributed by atoms with Gasteiger partial charge in [-0.25, -0.2) is 4.98 Å². The summed E-state index contributed by atoms with van der Waals surface area (Å²) in [6, 6.07) is 4.88. The molecule has 0 bridgehead atoms. The predicted octanol–water partition coefficient (Wildman–Crippen LogP) is 2.71. The Labute approximate surface area is 128 Å². The zero-order valence-electron chi connectivity index (χ0n) is 14.1. The van der Waals surface area contributed by atoms with Crippen LogP contribution in [0.25, 0.3) is 0 Å². The van der Waals surface area contributed by atoms with Crippen LogP contribution in [-0.2, 0) is 16.7 Å². The number of hydrogen-bond acceptors (Lipinski definition) is 4. The summed E-state index contributed by atoms with van der Waals surface area (Å²) in [6.07, 6.45) is 1.09. The number of rotatable bonds is 4. The number of hydrogen-bond donors (Lipinski definition) is 1. The van der Waals surface area contributed by atoms with Crippen LogP contribution in [0.4, 0.5) is 5.82 Å². The SMILES string of the molecule is CCC1COCCN1c1cc(CNC)cc(C(C)(C)C)n1. The molecule has 0 amide bonds. The molecule has 1 saturated heterocycles. The molecule has 1 aliphatic heterocycles. The number of pyridine rings is 1. The van der Waals surface area contributed by atoms with Crippen LogP contribution in [0.5, 0.6) is 0 Å². The van der Waals surface area contributed by atoms with Gasteiger partial charge in [-0.3, -0.25) is 0 Å². The molecule has 2 rings (SSSR count). The van der Waals surface area contributed by atoms with Crippen molar-refractivity contribution in [2.24, 2.45) is 0 Å². The van der Waals surface area contributed by atoms with Crippen LogP contribution in [0.1, 0.15) is 45.4 Å². The van der Waals surface area contributed by atoms with Crippen molar-refractivity contribution in [2.45, 2.75) is 52.1 Å². The van der Waals surface area contributed by atoms with Gasteiger partial charge in [0.15, 0.2) is 0 Å². The van der Waals surface area contributed by atoms with Crippen molar-refractivity contribution < 1.29 is 4.74 Å². The summed E-state index contributed by atoms with van der Waals surface area (Å²) >= 11 is 0. The lowest BCUT2D eigenvalue weighted by Gasteiger charge is -2.37. The van der Waals surface area contributed by atoms with Crippen LogP contribution >= 0.6 is 0 Å². The van der Waals surface area contributed by atoms with E-state index in [1.165, 1.54) is 5.56 Å². The van der Waals surface area contributed by atoms with Gasteiger partial charge < -0.3 is 15.0 Å². The summed E-state index contributed by atoms with van der Waals surface area (Å²) in [6.45, 7) is 12.3. The van der Waals surface area contributed by atoms with Gasteiger partial charge in [-0.2, -0.15) is 0 Å². The number of nitrogens with zero attached hydrogens (tertiary/aromatic N) is 2. The maximum Gasteiger partial charge on any atom is 0.129 e. The summed E-state index contributed by atoms with van der Waals surface area (Å²) in [5, 5.41) is 3.25. The smallest absolute Gasteiger partial charge is 0.129 e. The Morgan fingerprint density at radius 2 is 2.14 bits per heavy atom. The highest BCUT2D eigenvalue weighted by Crippen LogP contribution is 2.27. The van der Waals surface area contributed by atoms with Crippen molar-refractivity contribution in [3.63, 3.8) is 0 Å². The molecule has 2 heterocycles. The van der Waals surface area contributed by atoms with E-state index < -0.39 is 0 Å². The number of morpholine rings is 1. The first-order valence-electron chi connectivity index (χ1n) is 7.96. The lowest BCUT2D eigenvalue weighted by atomic mass is 9.90. The third-order valence-corrected chi connectivity index (χ3v) is 4.01. The van der Waals surface area contributed by atoms with Gasteiger partial charge in [-0.05, 0) is 31.2 Å². The monoisotopic (exact) mass is 291 g/mol. The molecule has 1 N–H and O–H groups in total. The van der Waals surface area contributed by atoms with E-state index in [1.807, 2.05) is 7.05 Å². The summed E-state index contributed by atoms with van der Waals surface area (Å²) in [7, 11) is 1.99. The first kappa shape index (κ1) is 16.2. The van der Waals surface area contributed by atoms with Crippen molar-refractivity contribution in [3.05, 3.63) is 23.4 Å². The van der Waals surface area contributed by atoms with Gasteiger partial charge >= 0.3 is 0 Å². The molecular weight excluding hydrogens is 262 g/mol. The molecule has 0 saturated carbocycles. The van der Waals surface area contributed by atoms with E-state index in [0.29, 0.717) is 6.04 Å². The first-order chi connectivity index (χ1) is 9.95. The number of ether oxygens (including phenoxy) is 1. The molecule has 0 radical (unpaired) electrons. The third kappa shape index (κ3) is 3.95. The zero-order valence-corrected chi connectivity index (χ0v) is 14.1. The predicted molar refractivity (Wildman–Crippen MR) is 87.9 cm³/mol. The molecule has 1 fully saturated rings. The van der Waals surface area contributed by atoms with Gasteiger partial charge in [0.1, 0.15) is 5.82 Å².